The van der Waals surface area contributed by atoms with Gasteiger partial charge in [-0.1, -0.05) is 35.3 Å². The molecule has 0 aliphatic carbocycles. The number of anilines is 2. The number of urea groups is 1. The fraction of sp³-hybridized carbons (Fsp3) is 0.290. The van der Waals surface area contributed by atoms with Gasteiger partial charge in [0.2, 0.25) is 0 Å². The zero-order valence-corrected chi connectivity index (χ0v) is 24.5. The van der Waals surface area contributed by atoms with Crippen molar-refractivity contribution >= 4 is 52.5 Å². The second-order valence-corrected chi connectivity index (χ2v) is 12.1. The van der Waals surface area contributed by atoms with Gasteiger partial charge >= 0.3 is 12.0 Å². The highest BCUT2D eigenvalue weighted by Crippen LogP contribution is 2.47. The molecule has 0 N–H and O–H groups in total. The van der Waals surface area contributed by atoms with Crippen LogP contribution in [0.2, 0.25) is 10.0 Å². The summed E-state index contributed by atoms with van der Waals surface area (Å²) in [5.41, 5.74) is 0.915. The minimum atomic E-state index is -1.26. The molecular weight excluding hydrogens is 563 g/mol. The summed E-state index contributed by atoms with van der Waals surface area (Å²) in [7, 11) is 1.62. The van der Waals surface area contributed by atoms with Gasteiger partial charge in [0.1, 0.15) is 11.1 Å². The molecule has 10 heteroatoms. The number of imide groups is 1. The molecule has 2 fully saturated rings. The molecule has 2 saturated heterocycles. The van der Waals surface area contributed by atoms with E-state index in [1.165, 1.54) is 23.1 Å². The number of benzene rings is 3. The summed E-state index contributed by atoms with van der Waals surface area (Å²) in [6.45, 7) is 6.04. The van der Waals surface area contributed by atoms with Gasteiger partial charge in [0.25, 0.3) is 5.91 Å². The molecule has 3 amide bonds. The summed E-state index contributed by atoms with van der Waals surface area (Å²) in [5, 5.41) is 9.92. The lowest BCUT2D eigenvalue weighted by atomic mass is 9.80. The molecule has 2 aliphatic heterocycles. The third-order valence-electron chi connectivity index (χ3n) is 7.48. The Morgan fingerprint density at radius 2 is 1.59 bits per heavy atom. The van der Waals surface area contributed by atoms with E-state index in [0.717, 1.165) is 16.2 Å². The zero-order valence-electron chi connectivity index (χ0n) is 23.0. The molecule has 0 saturated carbocycles. The fourth-order valence-electron chi connectivity index (χ4n) is 5.55. The molecule has 2 aliphatic rings. The molecule has 210 valence electrons. The number of hydrogen-bond donors (Lipinski definition) is 0. The SMILES string of the molecule is CN1C(=O)N(c2cc(Cl)cc(Cl)c2)C(=O)[C@@]12CN(c1ccc(C(=O)OC(C)(C)C)cc1)C[C@H]2c1ccc(C#N)cc1. The molecule has 0 bridgehead atoms. The van der Waals surface area contributed by atoms with Crippen molar-refractivity contribution in [3.05, 3.63) is 93.5 Å². The van der Waals surface area contributed by atoms with E-state index in [1.807, 2.05) is 49.9 Å². The topological polar surface area (TPSA) is 94.0 Å². The average molecular weight is 591 g/mol. The third kappa shape index (κ3) is 5.12. The summed E-state index contributed by atoms with van der Waals surface area (Å²) in [6, 6.07) is 20.3. The Morgan fingerprint density at radius 3 is 2.15 bits per heavy atom. The minimum absolute atomic E-state index is 0.204. The average Bonchev–Trinajstić information content (AvgIpc) is 3.40. The lowest BCUT2D eigenvalue weighted by Crippen LogP contribution is -2.53. The van der Waals surface area contributed by atoms with Crippen LogP contribution >= 0.6 is 23.2 Å². The van der Waals surface area contributed by atoms with Gasteiger partial charge < -0.3 is 14.5 Å². The van der Waals surface area contributed by atoms with Crippen molar-refractivity contribution in [2.75, 3.05) is 29.9 Å². The molecule has 5 rings (SSSR count). The summed E-state index contributed by atoms with van der Waals surface area (Å²) in [5.74, 6) is -1.25. The highest BCUT2D eigenvalue weighted by molar-refractivity contribution is 6.36. The van der Waals surface area contributed by atoms with Crippen LogP contribution in [0.25, 0.3) is 0 Å². The van der Waals surface area contributed by atoms with Crippen LogP contribution in [0.1, 0.15) is 48.2 Å². The van der Waals surface area contributed by atoms with Crippen molar-refractivity contribution < 1.29 is 19.1 Å². The Balaban J connectivity index is 1.55. The van der Waals surface area contributed by atoms with E-state index in [1.54, 1.807) is 31.3 Å². The number of carbonyl (C=O) groups is 3. The number of ether oxygens (including phenoxy) is 1. The van der Waals surface area contributed by atoms with E-state index in [9.17, 15) is 19.6 Å². The third-order valence-corrected chi connectivity index (χ3v) is 7.91. The zero-order chi connectivity index (χ0) is 29.7. The van der Waals surface area contributed by atoms with Gasteiger partial charge in [-0.2, -0.15) is 5.26 Å². The van der Waals surface area contributed by atoms with Crippen molar-refractivity contribution in [1.82, 2.24) is 4.90 Å². The van der Waals surface area contributed by atoms with E-state index >= 15 is 0 Å². The fourth-order valence-corrected chi connectivity index (χ4v) is 6.06. The lowest BCUT2D eigenvalue weighted by Gasteiger charge is -2.33. The van der Waals surface area contributed by atoms with Crippen LogP contribution in [-0.2, 0) is 9.53 Å². The van der Waals surface area contributed by atoms with Crippen LogP contribution in [-0.4, -0.2) is 54.1 Å². The van der Waals surface area contributed by atoms with Gasteiger partial charge in [-0.05, 0) is 80.9 Å². The first kappa shape index (κ1) is 28.5. The molecule has 0 aromatic heterocycles. The molecule has 3 aromatic rings. The van der Waals surface area contributed by atoms with Crippen LogP contribution in [0.5, 0.6) is 0 Å². The largest absolute Gasteiger partial charge is 0.456 e. The van der Waals surface area contributed by atoms with Gasteiger partial charge in [-0.25, -0.2) is 14.5 Å². The number of nitriles is 1. The van der Waals surface area contributed by atoms with E-state index in [-0.39, 0.29) is 6.54 Å². The van der Waals surface area contributed by atoms with E-state index in [4.69, 9.17) is 27.9 Å². The summed E-state index contributed by atoms with van der Waals surface area (Å²) < 4.78 is 5.48. The highest BCUT2D eigenvalue weighted by Gasteiger charge is 2.64. The Hall–Kier alpha value is -4.06. The normalized spacial score (nSPS) is 20.6. The number of nitrogens with zero attached hydrogens (tertiary/aromatic N) is 4. The predicted molar refractivity (Wildman–Crippen MR) is 158 cm³/mol. The van der Waals surface area contributed by atoms with Crippen molar-refractivity contribution in [2.45, 2.75) is 37.8 Å². The monoisotopic (exact) mass is 590 g/mol. The van der Waals surface area contributed by atoms with Crippen LogP contribution in [0, 0.1) is 11.3 Å². The molecule has 41 heavy (non-hydrogen) atoms. The number of rotatable bonds is 4. The Morgan fingerprint density at radius 1 is 0.976 bits per heavy atom. The van der Waals surface area contributed by atoms with Gasteiger partial charge in [-0.15, -0.1) is 0 Å². The lowest BCUT2D eigenvalue weighted by molar-refractivity contribution is -0.124. The summed E-state index contributed by atoms with van der Waals surface area (Å²) >= 11 is 12.4. The van der Waals surface area contributed by atoms with Crippen molar-refractivity contribution in [2.24, 2.45) is 0 Å². The first-order valence-corrected chi connectivity index (χ1v) is 13.8. The highest BCUT2D eigenvalue weighted by atomic mass is 35.5. The molecule has 0 radical (unpaired) electrons. The van der Waals surface area contributed by atoms with E-state index in [0.29, 0.717) is 33.4 Å². The van der Waals surface area contributed by atoms with Crippen molar-refractivity contribution in [3.8, 4) is 6.07 Å². The van der Waals surface area contributed by atoms with E-state index < -0.39 is 35.0 Å². The number of hydrogen-bond acceptors (Lipinski definition) is 6. The van der Waals surface area contributed by atoms with Gasteiger partial charge in [0.15, 0.2) is 0 Å². The molecule has 0 unspecified atom stereocenters. The van der Waals surface area contributed by atoms with Crippen molar-refractivity contribution in [3.63, 3.8) is 0 Å². The van der Waals surface area contributed by atoms with Gasteiger partial charge in [0.05, 0.1) is 29.4 Å². The maximum atomic E-state index is 14.4. The first-order chi connectivity index (χ1) is 19.3. The molecule has 2 atom stereocenters. The summed E-state index contributed by atoms with van der Waals surface area (Å²) in [6.07, 6.45) is 0. The second-order valence-electron chi connectivity index (χ2n) is 11.2. The van der Waals surface area contributed by atoms with Crippen LogP contribution < -0.4 is 9.80 Å². The molecular formula is C31H28Cl2N4O4. The predicted octanol–water partition coefficient (Wildman–Crippen LogP) is 6.26. The number of halogens is 2. The number of esters is 1. The van der Waals surface area contributed by atoms with Crippen LogP contribution in [0.15, 0.2) is 66.7 Å². The first-order valence-electron chi connectivity index (χ1n) is 13.0. The Bertz CT molecular complexity index is 1560. The molecule has 1 spiro atoms. The molecule has 8 nitrogen and oxygen atoms in total. The second kappa shape index (κ2) is 10.4. The number of amides is 3. The number of carbonyl (C=O) groups excluding carboxylic acids is 3. The Labute approximate surface area is 248 Å². The van der Waals surface area contributed by atoms with Crippen molar-refractivity contribution in [1.29, 1.82) is 5.26 Å². The van der Waals surface area contributed by atoms with Crippen LogP contribution in [0.4, 0.5) is 16.2 Å². The standard InChI is InChI=1S/C31H28Cl2N4O4/c1-30(2,3)41-27(38)21-9-11-24(12-10-21)36-17-26(20-7-5-19(16-34)6-8-20)31(18-36)28(39)37(29(40)35(31)4)25-14-22(32)13-23(33)15-25/h5-15,26H,17-18H2,1-4H3/t26-,31-/m0/s1. The smallest absolute Gasteiger partial charge is 0.338 e. The minimum Gasteiger partial charge on any atom is -0.456 e. The maximum absolute atomic E-state index is 14.4. The Kier molecular flexibility index (Phi) is 7.22. The van der Waals surface area contributed by atoms with Gasteiger partial charge in [-0.3, -0.25) is 4.79 Å². The van der Waals surface area contributed by atoms with E-state index in [2.05, 4.69) is 6.07 Å². The number of likely N-dealkylation sites (N-methyl/N-ethyl adjacent to an activating group) is 1. The van der Waals surface area contributed by atoms with Crippen LogP contribution in [0.3, 0.4) is 0 Å². The quantitative estimate of drug-likeness (QED) is 0.263. The van der Waals surface area contributed by atoms with Gasteiger partial charge in [0, 0.05) is 35.2 Å². The molecule has 2 heterocycles. The maximum Gasteiger partial charge on any atom is 0.338 e. The summed E-state index contributed by atoms with van der Waals surface area (Å²) in [4.78, 5) is 45.3. The molecule has 3 aromatic carbocycles.